The number of nitrogens with one attached hydrogen (secondary N) is 1. The van der Waals surface area contributed by atoms with E-state index in [1.54, 1.807) is 5.38 Å². The molecule has 1 aromatic carbocycles. The Bertz CT molecular complexity index is 919. The maximum atomic E-state index is 13.8. The van der Waals surface area contributed by atoms with E-state index in [-0.39, 0.29) is 10.2 Å². The molecule has 2 aromatic heterocycles. The van der Waals surface area contributed by atoms with Crippen LogP contribution in [-0.4, -0.2) is 9.55 Å². The van der Waals surface area contributed by atoms with E-state index < -0.39 is 28.7 Å². The van der Waals surface area contributed by atoms with Crippen molar-refractivity contribution in [1.29, 1.82) is 0 Å². The molecule has 0 amide bonds. The SMILES string of the molecule is O=c1c2ccsc2[nH]c(=S)n1-c1c(F)cc(F)cc1F. The molecular formula is C12H5F3N2OS2. The second-order valence-electron chi connectivity index (χ2n) is 3.95. The molecule has 0 saturated carbocycles. The normalized spacial score (nSPS) is 11.2. The van der Waals surface area contributed by atoms with Crippen molar-refractivity contribution in [3.8, 4) is 5.69 Å². The van der Waals surface area contributed by atoms with E-state index in [1.165, 1.54) is 17.4 Å². The Labute approximate surface area is 118 Å². The molecule has 0 bridgehead atoms. The molecule has 0 aliphatic heterocycles. The fourth-order valence-corrected chi connectivity index (χ4v) is 3.01. The third-order valence-electron chi connectivity index (χ3n) is 2.73. The van der Waals surface area contributed by atoms with E-state index >= 15 is 0 Å². The minimum absolute atomic E-state index is 0.158. The lowest BCUT2D eigenvalue weighted by Gasteiger charge is -2.09. The number of rotatable bonds is 1. The van der Waals surface area contributed by atoms with Gasteiger partial charge in [0.15, 0.2) is 16.4 Å². The van der Waals surface area contributed by atoms with Crippen LogP contribution >= 0.6 is 23.6 Å². The lowest BCUT2D eigenvalue weighted by Crippen LogP contribution is -2.22. The summed E-state index contributed by atoms with van der Waals surface area (Å²) in [5.74, 6) is -3.46. The fourth-order valence-electron chi connectivity index (χ4n) is 1.89. The maximum absolute atomic E-state index is 13.8. The molecule has 3 aromatic rings. The van der Waals surface area contributed by atoms with Crippen LogP contribution in [-0.2, 0) is 0 Å². The van der Waals surface area contributed by atoms with E-state index in [1.807, 2.05) is 0 Å². The first-order chi connectivity index (χ1) is 9.49. The zero-order valence-electron chi connectivity index (χ0n) is 9.62. The molecule has 102 valence electrons. The topological polar surface area (TPSA) is 37.8 Å². The third kappa shape index (κ3) is 1.88. The molecule has 0 unspecified atom stereocenters. The van der Waals surface area contributed by atoms with Crippen LogP contribution in [0.15, 0.2) is 28.4 Å². The summed E-state index contributed by atoms with van der Waals surface area (Å²) in [5.41, 5.74) is -1.35. The number of nitrogens with zero attached hydrogens (tertiary/aromatic N) is 1. The molecule has 3 nitrogen and oxygen atoms in total. The third-order valence-corrected chi connectivity index (χ3v) is 3.84. The van der Waals surface area contributed by atoms with Gasteiger partial charge in [-0.1, -0.05) is 0 Å². The highest BCUT2D eigenvalue weighted by Gasteiger charge is 2.17. The molecule has 20 heavy (non-hydrogen) atoms. The molecule has 0 aliphatic carbocycles. The lowest BCUT2D eigenvalue weighted by molar-refractivity contribution is 0.531. The Morgan fingerprint density at radius 3 is 2.50 bits per heavy atom. The molecule has 0 spiro atoms. The van der Waals surface area contributed by atoms with Crippen LogP contribution in [0.5, 0.6) is 0 Å². The van der Waals surface area contributed by atoms with Gasteiger partial charge in [0.2, 0.25) is 0 Å². The molecule has 0 radical (unpaired) electrons. The van der Waals surface area contributed by atoms with Crippen LogP contribution in [0.1, 0.15) is 0 Å². The second-order valence-corrected chi connectivity index (χ2v) is 5.25. The zero-order chi connectivity index (χ0) is 14.4. The number of aromatic nitrogens is 2. The van der Waals surface area contributed by atoms with Gasteiger partial charge in [0, 0.05) is 12.1 Å². The molecule has 0 aliphatic rings. The number of H-pyrrole nitrogens is 1. The van der Waals surface area contributed by atoms with Crippen molar-refractivity contribution in [3.63, 3.8) is 0 Å². The minimum atomic E-state index is -1.20. The molecule has 0 saturated heterocycles. The summed E-state index contributed by atoms with van der Waals surface area (Å²) in [6.07, 6.45) is 0. The monoisotopic (exact) mass is 314 g/mol. The number of hydrogen-bond donors (Lipinski definition) is 1. The first kappa shape index (κ1) is 13.1. The van der Waals surface area contributed by atoms with Crippen molar-refractivity contribution in [3.05, 3.63) is 56.2 Å². The van der Waals surface area contributed by atoms with Crippen molar-refractivity contribution < 1.29 is 13.2 Å². The Morgan fingerprint density at radius 1 is 1.20 bits per heavy atom. The second kappa shape index (κ2) is 4.57. The lowest BCUT2D eigenvalue weighted by atomic mass is 10.2. The number of thiophene rings is 1. The van der Waals surface area contributed by atoms with E-state index in [2.05, 4.69) is 4.98 Å². The highest BCUT2D eigenvalue weighted by molar-refractivity contribution is 7.71. The summed E-state index contributed by atoms with van der Waals surface area (Å²) in [6, 6.07) is 2.51. The van der Waals surface area contributed by atoms with Gasteiger partial charge in [-0.15, -0.1) is 11.3 Å². The van der Waals surface area contributed by atoms with Gasteiger partial charge in [0.1, 0.15) is 16.3 Å². The Kier molecular flexibility index (Phi) is 2.98. The minimum Gasteiger partial charge on any atom is -0.323 e. The van der Waals surface area contributed by atoms with Gasteiger partial charge in [-0.3, -0.25) is 4.79 Å². The van der Waals surface area contributed by atoms with E-state index in [0.29, 0.717) is 21.5 Å². The number of fused-ring (bicyclic) bond motifs is 1. The molecular weight excluding hydrogens is 309 g/mol. The van der Waals surface area contributed by atoms with Crippen LogP contribution in [0.25, 0.3) is 15.9 Å². The summed E-state index contributed by atoms with van der Waals surface area (Å²) in [4.78, 5) is 15.5. The summed E-state index contributed by atoms with van der Waals surface area (Å²) in [7, 11) is 0. The van der Waals surface area contributed by atoms with Crippen LogP contribution < -0.4 is 5.56 Å². The van der Waals surface area contributed by atoms with Gasteiger partial charge in [0.05, 0.1) is 5.39 Å². The van der Waals surface area contributed by atoms with Crippen LogP contribution in [0.3, 0.4) is 0 Å². The van der Waals surface area contributed by atoms with Gasteiger partial charge in [-0.05, 0) is 23.7 Å². The predicted molar refractivity (Wildman–Crippen MR) is 72.5 cm³/mol. The number of hydrogen-bond acceptors (Lipinski definition) is 3. The van der Waals surface area contributed by atoms with Crippen LogP contribution in [0.2, 0.25) is 0 Å². The molecule has 8 heteroatoms. The Balaban J connectivity index is 2.47. The van der Waals surface area contributed by atoms with Crippen molar-refractivity contribution in [2.45, 2.75) is 0 Å². The van der Waals surface area contributed by atoms with E-state index in [0.717, 1.165) is 0 Å². The molecule has 2 heterocycles. The molecule has 0 fully saturated rings. The average molecular weight is 314 g/mol. The largest absolute Gasteiger partial charge is 0.323 e. The van der Waals surface area contributed by atoms with E-state index in [9.17, 15) is 18.0 Å². The number of halogens is 3. The molecule has 1 N–H and O–H groups in total. The fraction of sp³-hybridized carbons (Fsp3) is 0. The van der Waals surface area contributed by atoms with Gasteiger partial charge < -0.3 is 4.98 Å². The quantitative estimate of drug-likeness (QED) is 0.698. The van der Waals surface area contributed by atoms with Gasteiger partial charge >= 0.3 is 0 Å². The van der Waals surface area contributed by atoms with E-state index in [4.69, 9.17) is 12.2 Å². The smallest absolute Gasteiger partial charge is 0.267 e. The summed E-state index contributed by atoms with van der Waals surface area (Å²) in [6.45, 7) is 0. The molecule has 0 atom stereocenters. The van der Waals surface area contributed by atoms with Crippen molar-refractivity contribution >= 4 is 33.8 Å². The first-order valence-electron chi connectivity index (χ1n) is 5.36. The zero-order valence-corrected chi connectivity index (χ0v) is 11.2. The highest BCUT2D eigenvalue weighted by atomic mass is 32.1. The van der Waals surface area contributed by atoms with Gasteiger partial charge in [-0.2, -0.15) is 0 Å². The van der Waals surface area contributed by atoms with Gasteiger partial charge in [-0.25, -0.2) is 17.7 Å². The van der Waals surface area contributed by atoms with Crippen molar-refractivity contribution in [2.75, 3.05) is 0 Å². The number of aromatic amines is 1. The van der Waals surface area contributed by atoms with Gasteiger partial charge in [0.25, 0.3) is 5.56 Å². The summed E-state index contributed by atoms with van der Waals surface area (Å²) >= 11 is 6.20. The summed E-state index contributed by atoms with van der Waals surface area (Å²) in [5, 5.41) is 1.91. The Morgan fingerprint density at radius 2 is 1.85 bits per heavy atom. The standard InChI is InChI=1S/C12H5F3N2OS2/c13-5-3-7(14)9(8(15)4-5)17-11(18)6-1-2-20-10(6)16-12(17)19/h1-4H,(H,16,19). The molecule has 3 rings (SSSR count). The van der Waals surface area contributed by atoms with Crippen molar-refractivity contribution in [2.24, 2.45) is 0 Å². The van der Waals surface area contributed by atoms with Crippen LogP contribution in [0.4, 0.5) is 13.2 Å². The van der Waals surface area contributed by atoms with Crippen molar-refractivity contribution in [1.82, 2.24) is 9.55 Å². The summed E-state index contributed by atoms with van der Waals surface area (Å²) < 4.78 is 41.0. The maximum Gasteiger partial charge on any atom is 0.267 e. The number of benzene rings is 1. The predicted octanol–water partition coefficient (Wildman–Crippen LogP) is 3.53. The first-order valence-corrected chi connectivity index (χ1v) is 6.65. The highest BCUT2D eigenvalue weighted by Crippen LogP contribution is 2.20. The Hall–Kier alpha value is -1.93. The average Bonchev–Trinajstić information content (AvgIpc) is 2.80. The van der Waals surface area contributed by atoms with Crippen LogP contribution in [0, 0.1) is 22.2 Å².